The first-order valence-electron chi connectivity index (χ1n) is 19.4. The SMILES string of the molecule is CC(C)c1cc(-c2ccc(-c3ccccc3)cc2)cc(C(C)C)c1-n1c(-c2[c-]cccc2)nc2ccccc21.[2H]C([2H])([2H])c1ccc(-c2[c-]cc(F)cc2)nc1.[Ir]. The van der Waals surface area contributed by atoms with E-state index in [0.29, 0.717) is 23.1 Å². The first kappa shape index (κ1) is 34.3. The number of hydrogen-bond acceptors (Lipinski definition) is 2. The number of hydrogen-bond donors (Lipinski definition) is 0. The number of halogens is 1. The van der Waals surface area contributed by atoms with Gasteiger partial charge in [-0.05, 0) is 87.6 Å². The zero-order valence-electron chi connectivity index (χ0n) is 33.6. The molecule has 0 amide bonds. The molecular formula is C49H42FIrN3-2. The number of para-hydroxylation sites is 2. The van der Waals surface area contributed by atoms with Crippen LogP contribution in [-0.2, 0) is 20.1 Å². The molecule has 8 aromatic rings. The third-order valence-corrected chi connectivity index (χ3v) is 9.29. The van der Waals surface area contributed by atoms with Gasteiger partial charge in [-0.1, -0.05) is 107 Å². The summed E-state index contributed by atoms with van der Waals surface area (Å²) in [4.78, 5) is 9.14. The van der Waals surface area contributed by atoms with Crippen LogP contribution >= 0.6 is 0 Å². The van der Waals surface area contributed by atoms with Gasteiger partial charge in [0.05, 0.1) is 16.9 Å². The van der Waals surface area contributed by atoms with Crippen molar-refractivity contribution in [1.29, 1.82) is 0 Å². The Morgan fingerprint density at radius 1 is 0.648 bits per heavy atom. The summed E-state index contributed by atoms with van der Waals surface area (Å²) in [7, 11) is 0. The Morgan fingerprint density at radius 3 is 1.89 bits per heavy atom. The summed E-state index contributed by atoms with van der Waals surface area (Å²) < 4.78 is 36.7. The molecule has 5 heteroatoms. The minimum atomic E-state index is -2.15. The fourth-order valence-corrected chi connectivity index (χ4v) is 6.55. The smallest absolute Gasteiger partial charge is 0.0774 e. The van der Waals surface area contributed by atoms with E-state index in [4.69, 9.17) is 9.10 Å². The Balaban J connectivity index is 0.000000256. The molecular weight excluding hydrogens is 842 g/mol. The molecule has 0 fully saturated rings. The second kappa shape index (κ2) is 17.1. The van der Waals surface area contributed by atoms with Crippen LogP contribution in [0, 0.1) is 24.8 Å². The number of aromatic nitrogens is 3. The van der Waals surface area contributed by atoms with E-state index in [-0.39, 0.29) is 31.5 Å². The third-order valence-electron chi connectivity index (χ3n) is 9.29. The fraction of sp³-hybridized carbons (Fsp3) is 0.143. The summed E-state index contributed by atoms with van der Waals surface area (Å²) in [6.45, 7) is 7.01. The number of nitrogens with zero attached hydrogens (tertiary/aromatic N) is 3. The molecule has 0 saturated carbocycles. The zero-order chi connectivity index (χ0) is 39.4. The van der Waals surface area contributed by atoms with Gasteiger partial charge >= 0.3 is 0 Å². The molecule has 0 bridgehead atoms. The molecule has 3 nitrogen and oxygen atoms in total. The maximum absolute atomic E-state index is 12.7. The number of rotatable bonds is 7. The van der Waals surface area contributed by atoms with E-state index in [2.05, 4.69) is 153 Å². The zero-order valence-corrected chi connectivity index (χ0v) is 33.0. The first-order valence-corrected chi connectivity index (χ1v) is 17.9. The fourth-order valence-electron chi connectivity index (χ4n) is 6.55. The number of aryl methyl sites for hydroxylation is 1. The molecule has 2 aromatic heterocycles. The van der Waals surface area contributed by atoms with Gasteiger partial charge in [0.2, 0.25) is 0 Å². The molecule has 0 aliphatic rings. The summed E-state index contributed by atoms with van der Waals surface area (Å²) in [5, 5.41) is 0. The Kier molecular flexibility index (Phi) is 10.9. The van der Waals surface area contributed by atoms with Crippen LogP contribution in [-0.4, -0.2) is 14.5 Å². The van der Waals surface area contributed by atoms with Gasteiger partial charge in [0.1, 0.15) is 0 Å². The third kappa shape index (κ3) is 8.34. The van der Waals surface area contributed by atoms with E-state index in [1.165, 1.54) is 63.5 Å². The van der Waals surface area contributed by atoms with E-state index in [1.807, 2.05) is 12.1 Å². The normalized spacial score (nSPS) is 12.0. The number of pyridine rings is 1. The summed E-state index contributed by atoms with van der Waals surface area (Å²) in [6.07, 6.45) is 1.31. The summed E-state index contributed by atoms with van der Waals surface area (Å²) in [5.74, 6) is 1.22. The topological polar surface area (TPSA) is 30.7 Å². The molecule has 0 aliphatic heterocycles. The molecule has 0 atom stereocenters. The number of imidazole rings is 1. The van der Waals surface area contributed by atoms with E-state index in [9.17, 15) is 4.39 Å². The minimum Gasteiger partial charge on any atom is -0.333 e. The maximum atomic E-state index is 12.7. The van der Waals surface area contributed by atoms with Crippen molar-refractivity contribution in [3.05, 3.63) is 186 Å². The molecule has 1 radical (unpaired) electrons. The Hall–Kier alpha value is -5.48. The quantitative estimate of drug-likeness (QED) is 0.149. The Bertz CT molecular complexity index is 2520. The van der Waals surface area contributed by atoms with Crippen molar-refractivity contribution in [3.8, 4) is 50.6 Å². The second-order valence-corrected chi connectivity index (χ2v) is 13.6. The second-order valence-electron chi connectivity index (χ2n) is 13.6. The van der Waals surface area contributed by atoms with Crippen LogP contribution in [0.3, 0.4) is 0 Å². The first-order chi connectivity index (χ1) is 27.0. The molecule has 271 valence electrons. The van der Waals surface area contributed by atoms with Crippen LogP contribution in [0.15, 0.2) is 152 Å². The molecule has 0 aliphatic carbocycles. The van der Waals surface area contributed by atoms with Crippen molar-refractivity contribution < 1.29 is 28.6 Å². The van der Waals surface area contributed by atoms with Crippen molar-refractivity contribution in [2.75, 3.05) is 0 Å². The van der Waals surface area contributed by atoms with E-state index < -0.39 is 6.85 Å². The predicted molar refractivity (Wildman–Crippen MR) is 218 cm³/mol. The van der Waals surface area contributed by atoms with Gasteiger partial charge in [-0.25, -0.2) is 0 Å². The van der Waals surface area contributed by atoms with Crippen LogP contribution in [0.5, 0.6) is 0 Å². The van der Waals surface area contributed by atoms with E-state index >= 15 is 0 Å². The van der Waals surface area contributed by atoms with Gasteiger partial charge in [0.25, 0.3) is 0 Å². The van der Waals surface area contributed by atoms with Crippen molar-refractivity contribution in [2.24, 2.45) is 0 Å². The molecule has 54 heavy (non-hydrogen) atoms. The van der Waals surface area contributed by atoms with Crippen LogP contribution in [0.25, 0.3) is 61.6 Å². The van der Waals surface area contributed by atoms with Gasteiger partial charge in [0, 0.05) is 41.9 Å². The molecule has 0 unspecified atom stereocenters. The molecule has 0 saturated heterocycles. The Labute approximate surface area is 336 Å². The summed E-state index contributed by atoms with van der Waals surface area (Å²) in [6, 6.07) is 54.2. The largest absolute Gasteiger partial charge is 0.333 e. The standard InChI is InChI=1S/C37H33N2.C12H9FN.Ir/c1-25(2)32-23-31(29-21-19-28(20-22-29)27-13-7-5-8-14-27)24-33(26(3)4)36(32)39-35-18-12-11-17-34(35)38-37(39)30-15-9-6-10-16-30;1-9-2-7-12(14-8-9)10-3-5-11(13)6-4-10;/h5-15,17-26H,1-4H3;2-3,5-8H,1H3;/q2*-1;/i;1D3;. The van der Waals surface area contributed by atoms with Gasteiger partial charge in [0.15, 0.2) is 0 Å². The maximum Gasteiger partial charge on any atom is 0.0774 e. The minimum absolute atomic E-state index is 0. The average Bonchev–Trinajstić information content (AvgIpc) is 3.61. The van der Waals surface area contributed by atoms with Crippen molar-refractivity contribution in [2.45, 2.75) is 46.4 Å². The summed E-state index contributed by atoms with van der Waals surface area (Å²) in [5.41, 5.74) is 13.3. The number of fused-ring (bicyclic) bond motifs is 1. The Morgan fingerprint density at radius 2 is 1.30 bits per heavy atom. The molecule has 8 rings (SSSR count). The monoisotopic (exact) mass is 887 g/mol. The average molecular weight is 887 g/mol. The van der Waals surface area contributed by atoms with Crippen LogP contribution in [0.4, 0.5) is 4.39 Å². The van der Waals surface area contributed by atoms with Gasteiger partial charge in [-0.3, -0.25) is 9.37 Å². The summed E-state index contributed by atoms with van der Waals surface area (Å²) >= 11 is 0. The molecule has 6 aromatic carbocycles. The van der Waals surface area contributed by atoms with Crippen LogP contribution in [0.1, 0.15) is 60.3 Å². The number of benzene rings is 6. The van der Waals surface area contributed by atoms with E-state index in [1.54, 1.807) is 12.1 Å². The predicted octanol–water partition coefficient (Wildman–Crippen LogP) is 13.1. The molecule has 2 heterocycles. The van der Waals surface area contributed by atoms with Crippen molar-refractivity contribution in [3.63, 3.8) is 0 Å². The van der Waals surface area contributed by atoms with Crippen LogP contribution in [0.2, 0.25) is 0 Å². The van der Waals surface area contributed by atoms with Crippen LogP contribution < -0.4 is 0 Å². The van der Waals surface area contributed by atoms with E-state index in [0.717, 1.165) is 22.4 Å². The van der Waals surface area contributed by atoms with Crippen molar-refractivity contribution >= 4 is 11.0 Å². The molecule has 0 spiro atoms. The molecule has 0 N–H and O–H groups in total. The van der Waals surface area contributed by atoms with Gasteiger partial charge in [-0.2, -0.15) is 0 Å². The van der Waals surface area contributed by atoms with Crippen molar-refractivity contribution in [1.82, 2.24) is 14.5 Å². The van der Waals surface area contributed by atoms with Gasteiger partial charge in [-0.15, -0.1) is 65.7 Å². The van der Waals surface area contributed by atoms with Gasteiger partial charge < -0.3 is 9.55 Å².